The van der Waals surface area contributed by atoms with Crippen LogP contribution in [0.4, 0.5) is 0 Å². The fraction of sp³-hybridized carbons (Fsp3) is 0.130. The van der Waals surface area contributed by atoms with Crippen LogP contribution in [0.5, 0.6) is 11.5 Å². The first-order chi connectivity index (χ1) is 13.8. The van der Waals surface area contributed by atoms with Crippen LogP contribution in [0, 0.1) is 11.3 Å². The molecule has 3 aromatic carbocycles. The number of rotatable bonds is 8. The number of hydrogen-bond acceptors (Lipinski definition) is 5. The van der Waals surface area contributed by atoms with Crippen LogP contribution in [-0.4, -0.2) is 13.3 Å². The molecule has 0 N–H and O–H groups in total. The number of hydrogen-bond donors (Lipinski definition) is 0. The van der Waals surface area contributed by atoms with Gasteiger partial charge in [0.15, 0.2) is 11.5 Å². The summed E-state index contributed by atoms with van der Waals surface area (Å²) in [6, 6.07) is 24.8. The SMILES string of the molecule is COc1ccc(C=NOCc2ccc(C#N)cc2)cc1OCc1ccccc1. The predicted molar refractivity (Wildman–Crippen MR) is 107 cm³/mol. The van der Waals surface area contributed by atoms with Gasteiger partial charge in [0.25, 0.3) is 0 Å². The Morgan fingerprint density at radius 3 is 2.36 bits per heavy atom. The molecule has 0 bridgehead atoms. The monoisotopic (exact) mass is 372 g/mol. The van der Waals surface area contributed by atoms with E-state index in [1.807, 2.05) is 60.7 Å². The Hall–Kier alpha value is -3.78. The minimum atomic E-state index is 0.329. The van der Waals surface area contributed by atoms with E-state index < -0.39 is 0 Å². The largest absolute Gasteiger partial charge is 0.493 e. The summed E-state index contributed by atoms with van der Waals surface area (Å²) in [7, 11) is 1.61. The van der Waals surface area contributed by atoms with Crippen molar-refractivity contribution in [1.82, 2.24) is 0 Å². The number of ether oxygens (including phenoxy) is 2. The van der Waals surface area contributed by atoms with Crippen molar-refractivity contribution in [3.8, 4) is 17.6 Å². The zero-order valence-electron chi connectivity index (χ0n) is 15.5. The Kier molecular flexibility index (Phi) is 6.64. The van der Waals surface area contributed by atoms with Crippen molar-refractivity contribution in [2.24, 2.45) is 5.16 Å². The molecule has 0 saturated carbocycles. The molecule has 140 valence electrons. The standard InChI is InChI=1S/C23H20N2O3/c1-26-22-12-11-21(13-23(22)27-16-19-5-3-2-4-6-19)15-25-28-17-20-9-7-18(14-24)8-10-20/h2-13,15H,16-17H2,1H3. The zero-order chi connectivity index (χ0) is 19.6. The fourth-order valence-electron chi connectivity index (χ4n) is 2.51. The second kappa shape index (κ2) is 9.79. The first-order valence-electron chi connectivity index (χ1n) is 8.77. The third-order valence-corrected chi connectivity index (χ3v) is 4.02. The lowest BCUT2D eigenvalue weighted by Crippen LogP contribution is -1.98. The molecule has 5 nitrogen and oxygen atoms in total. The average Bonchev–Trinajstić information content (AvgIpc) is 2.76. The van der Waals surface area contributed by atoms with Crippen molar-refractivity contribution < 1.29 is 14.3 Å². The van der Waals surface area contributed by atoms with Gasteiger partial charge in [-0.25, -0.2) is 0 Å². The lowest BCUT2D eigenvalue weighted by atomic mass is 10.2. The predicted octanol–water partition coefficient (Wildman–Crippen LogP) is 4.70. The lowest BCUT2D eigenvalue weighted by molar-refractivity contribution is 0.132. The van der Waals surface area contributed by atoms with Gasteiger partial charge in [-0.05, 0) is 41.5 Å². The van der Waals surface area contributed by atoms with Crippen LogP contribution in [0.1, 0.15) is 22.3 Å². The van der Waals surface area contributed by atoms with Gasteiger partial charge in [0, 0.05) is 5.56 Å². The van der Waals surface area contributed by atoms with Crippen molar-refractivity contribution in [1.29, 1.82) is 5.26 Å². The molecule has 0 aliphatic carbocycles. The summed E-state index contributed by atoms with van der Waals surface area (Å²) in [5.74, 6) is 1.30. The molecule has 0 spiro atoms. The average molecular weight is 372 g/mol. The molecular weight excluding hydrogens is 352 g/mol. The van der Waals surface area contributed by atoms with E-state index in [4.69, 9.17) is 19.6 Å². The van der Waals surface area contributed by atoms with E-state index in [2.05, 4.69) is 11.2 Å². The highest BCUT2D eigenvalue weighted by Crippen LogP contribution is 2.28. The molecule has 0 unspecified atom stereocenters. The van der Waals surface area contributed by atoms with Crippen LogP contribution in [0.3, 0.4) is 0 Å². The van der Waals surface area contributed by atoms with Crippen LogP contribution >= 0.6 is 0 Å². The van der Waals surface area contributed by atoms with Crippen LogP contribution in [0.15, 0.2) is 78.0 Å². The van der Waals surface area contributed by atoms with E-state index in [1.54, 1.807) is 25.5 Å². The summed E-state index contributed by atoms with van der Waals surface area (Å²) in [5.41, 5.74) is 3.48. The summed E-state index contributed by atoms with van der Waals surface area (Å²) in [6.07, 6.45) is 1.62. The fourth-order valence-corrected chi connectivity index (χ4v) is 2.51. The summed E-state index contributed by atoms with van der Waals surface area (Å²) in [4.78, 5) is 5.34. The van der Waals surface area contributed by atoms with Gasteiger partial charge in [-0.15, -0.1) is 0 Å². The number of nitriles is 1. The van der Waals surface area contributed by atoms with E-state index in [0.29, 0.717) is 30.3 Å². The maximum atomic E-state index is 8.81. The van der Waals surface area contributed by atoms with Gasteiger partial charge in [0.1, 0.15) is 13.2 Å². The molecule has 0 atom stereocenters. The third-order valence-electron chi connectivity index (χ3n) is 4.02. The third kappa shape index (κ3) is 5.36. The van der Waals surface area contributed by atoms with Crippen LogP contribution in [-0.2, 0) is 18.1 Å². The first-order valence-corrected chi connectivity index (χ1v) is 8.77. The maximum absolute atomic E-state index is 8.81. The van der Waals surface area contributed by atoms with Gasteiger partial charge in [-0.2, -0.15) is 5.26 Å². The second-order valence-corrected chi connectivity index (χ2v) is 6.00. The highest BCUT2D eigenvalue weighted by molar-refractivity contribution is 5.80. The quantitative estimate of drug-likeness (QED) is 0.425. The Morgan fingerprint density at radius 2 is 1.64 bits per heavy atom. The van der Waals surface area contributed by atoms with Gasteiger partial charge in [0.05, 0.1) is 25.0 Å². The topological polar surface area (TPSA) is 63.8 Å². The maximum Gasteiger partial charge on any atom is 0.162 e. The molecule has 0 saturated heterocycles. The number of methoxy groups -OCH3 is 1. The highest BCUT2D eigenvalue weighted by atomic mass is 16.6. The van der Waals surface area contributed by atoms with Crippen molar-refractivity contribution in [3.63, 3.8) is 0 Å². The van der Waals surface area contributed by atoms with Crippen molar-refractivity contribution >= 4 is 6.21 Å². The number of benzene rings is 3. The molecule has 28 heavy (non-hydrogen) atoms. The first kappa shape index (κ1) is 19.0. The molecule has 0 heterocycles. The van der Waals surface area contributed by atoms with Crippen LogP contribution in [0.2, 0.25) is 0 Å². The summed E-state index contributed by atoms with van der Waals surface area (Å²) < 4.78 is 11.3. The Bertz CT molecular complexity index is 961. The molecule has 0 aliphatic rings. The zero-order valence-corrected chi connectivity index (χ0v) is 15.5. The van der Waals surface area contributed by atoms with E-state index >= 15 is 0 Å². The van der Waals surface area contributed by atoms with Gasteiger partial charge < -0.3 is 14.3 Å². The van der Waals surface area contributed by atoms with Crippen molar-refractivity contribution in [2.45, 2.75) is 13.2 Å². The van der Waals surface area contributed by atoms with Crippen LogP contribution in [0.25, 0.3) is 0 Å². The number of oxime groups is 1. The molecule has 0 fully saturated rings. The minimum absolute atomic E-state index is 0.329. The van der Waals surface area contributed by atoms with Gasteiger partial charge >= 0.3 is 0 Å². The Morgan fingerprint density at radius 1 is 0.893 bits per heavy atom. The van der Waals surface area contributed by atoms with E-state index in [9.17, 15) is 0 Å². The van der Waals surface area contributed by atoms with Crippen molar-refractivity contribution in [2.75, 3.05) is 7.11 Å². The highest BCUT2D eigenvalue weighted by Gasteiger charge is 2.06. The minimum Gasteiger partial charge on any atom is -0.493 e. The summed E-state index contributed by atoms with van der Waals surface area (Å²) in [5, 5.41) is 12.8. The normalized spacial score (nSPS) is 10.4. The summed E-state index contributed by atoms with van der Waals surface area (Å²) in [6.45, 7) is 0.780. The lowest BCUT2D eigenvalue weighted by Gasteiger charge is -2.11. The van der Waals surface area contributed by atoms with Gasteiger partial charge in [0.2, 0.25) is 0 Å². The molecule has 0 aromatic heterocycles. The van der Waals surface area contributed by atoms with E-state index in [1.165, 1.54) is 0 Å². The molecule has 3 rings (SSSR count). The second-order valence-electron chi connectivity index (χ2n) is 6.00. The molecule has 3 aromatic rings. The molecule has 0 aliphatic heterocycles. The van der Waals surface area contributed by atoms with Crippen molar-refractivity contribution in [3.05, 3.63) is 95.1 Å². The van der Waals surface area contributed by atoms with Crippen LogP contribution < -0.4 is 9.47 Å². The molecular formula is C23H20N2O3. The van der Waals surface area contributed by atoms with Gasteiger partial charge in [-0.1, -0.05) is 47.6 Å². The molecule has 5 heteroatoms. The molecule has 0 radical (unpaired) electrons. The summed E-state index contributed by atoms with van der Waals surface area (Å²) >= 11 is 0. The smallest absolute Gasteiger partial charge is 0.162 e. The Balaban J connectivity index is 1.60. The molecule has 0 amide bonds. The van der Waals surface area contributed by atoms with E-state index in [0.717, 1.165) is 16.7 Å². The Labute approximate surface area is 164 Å². The van der Waals surface area contributed by atoms with Gasteiger partial charge in [-0.3, -0.25) is 0 Å². The van der Waals surface area contributed by atoms with E-state index in [-0.39, 0.29) is 0 Å². The number of nitrogens with zero attached hydrogens (tertiary/aromatic N) is 2.